The van der Waals surface area contributed by atoms with Crippen LogP contribution in [0.1, 0.15) is 19.8 Å². The second-order valence-corrected chi connectivity index (χ2v) is 1.71. The maximum absolute atomic E-state index is 9.73. The molecule has 0 rings (SSSR count). The Morgan fingerprint density at radius 1 is 1.22 bits per heavy atom. The molecule has 0 saturated carbocycles. The summed E-state index contributed by atoms with van der Waals surface area (Å²) in [6, 6.07) is 0. The molecule has 0 spiro atoms. The summed E-state index contributed by atoms with van der Waals surface area (Å²) < 4.78 is 0. The van der Waals surface area contributed by atoms with Crippen LogP contribution in [0.25, 0.3) is 0 Å². The third kappa shape index (κ3) is 7.15. The minimum Gasteiger partial charge on any atom is -0.299 e. The van der Waals surface area contributed by atoms with E-state index in [0.29, 0.717) is 0 Å². The number of aldehydes is 1. The summed E-state index contributed by atoms with van der Waals surface area (Å²) in [6.45, 7) is 1.99. The van der Waals surface area contributed by atoms with Crippen molar-refractivity contribution in [1.82, 2.24) is 0 Å². The van der Waals surface area contributed by atoms with Crippen LogP contribution in [0.2, 0.25) is 0 Å². The van der Waals surface area contributed by atoms with Gasteiger partial charge in [0.2, 0.25) is 0 Å². The molecule has 0 aliphatic heterocycles. The third-order valence-electron chi connectivity index (χ3n) is 0.950. The van der Waals surface area contributed by atoms with Gasteiger partial charge in [-0.25, -0.2) is 0 Å². The summed E-state index contributed by atoms with van der Waals surface area (Å²) in [5, 5.41) is 0. The van der Waals surface area contributed by atoms with Crippen LogP contribution >= 0.6 is 0 Å². The summed E-state index contributed by atoms with van der Waals surface area (Å²) in [5.74, 6) is 0. The van der Waals surface area contributed by atoms with Gasteiger partial charge in [0.15, 0.2) is 0 Å². The highest BCUT2D eigenvalue weighted by molar-refractivity contribution is 5.64. The molecule has 1 heteroatoms. The first kappa shape index (κ1) is 8.15. The fourth-order valence-electron chi connectivity index (χ4n) is 0.511. The van der Waals surface area contributed by atoms with E-state index in [4.69, 9.17) is 0 Å². The first-order chi connectivity index (χ1) is 4.41. The molecule has 0 bridgehead atoms. The molecule has 0 aromatic rings. The Labute approximate surface area is 56.1 Å². The lowest BCUT2D eigenvalue weighted by molar-refractivity contribution is -0.104. The van der Waals surface area contributed by atoms with Crippen molar-refractivity contribution in [3.8, 4) is 0 Å². The van der Waals surface area contributed by atoms with E-state index in [0.717, 1.165) is 19.1 Å². The largest absolute Gasteiger partial charge is 0.299 e. The Balaban J connectivity index is 3.08. The second-order valence-electron chi connectivity index (χ2n) is 1.71. The number of rotatable bonds is 4. The third-order valence-corrected chi connectivity index (χ3v) is 0.950. The average molecular weight is 124 g/mol. The summed E-state index contributed by atoms with van der Waals surface area (Å²) in [6.07, 6.45) is 10.3. The van der Waals surface area contributed by atoms with Crippen molar-refractivity contribution in [2.24, 2.45) is 0 Å². The quantitative estimate of drug-likeness (QED) is 0.243. The molecule has 0 radical (unpaired) electrons. The average Bonchev–Trinajstić information content (AvgIpc) is 1.89. The van der Waals surface area contributed by atoms with Crippen LogP contribution < -0.4 is 0 Å². The molecule has 0 saturated heterocycles. The van der Waals surface area contributed by atoms with Gasteiger partial charge >= 0.3 is 0 Å². The van der Waals surface area contributed by atoms with E-state index >= 15 is 0 Å². The van der Waals surface area contributed by atoms with Crippen LogP contribution in [0.15, 0.2) is 24.3 Å². The molecular formula is C8H12O. The molecule has 0 aliphatic carbocycles. The molecule has 9 heavy (non-hydrogen) atoms. The van der Waals surface area contributed by atoms with Crippen LogP contribution in [0.4, 0.5) is 0 Å². The molecule has 0 unspecified atom stereocenters. The minimum atomic E-state index is 0.801. The number of hydrogen-bond donors (Lipinski definition) is 0. The minimum absolute atomic E-state index is 0.801. The van der Waals surface area contributed by atoms with Gasteiger partial charge in [-0.05, 0) is 25.8 Å². The molecule has 0 aromatic heterocycles. The summed E-state index contributed by atoms with van der Waals surface area (Å²) in [7, 11) is 0. The maximum atomic E-state index is 9.73. The summed E-state index contributed by atoms with van der Waals surface area (Å²) in [5.41, 5.74) is 0. The Bertz CT molecular complexity index is 112. The van der Waals surface area contributed by atoms with E-state index in [1.54, 1.807) is 0 Å². The molecule has 50 valence electrons. The van der Waals surface area contributed by atoms with E-state index < -0.39 is 0 Å². The predicted octanol–water partition coefficient (Wildman–Crippen LogP) is 2.10. The van der Waals surface area contributed by atoms with Crippen molar-refractivity contribution in [1.29, 1.82) is 0 Å². The van der Waals surface area contributed by atoms with Crippen molar-refractivity contribution in [3.05, 3.63) is 24.3 Å². The highest BCUT2D eigenvalue weighted by atomic mass is 16.1. The first-order valence-electron chi connectivity index (χ1n) is 3.13. The fourth-order valence-corrected chi connectivity index (χ4v) is 0.511. The van der Waals surface area contributed by atoms with Crippen LogP contribution in [-0.4, -0.2) is 6.29 Å². The van der Waals surface area contributed by atoms with Crippen molar-refractivity contribution >= 4 is 6.29 Å². The Kier molecular flexibility index (Phi) is 6.47. The molecule has 0 aliphatic rings. The topological polar surface area (TPSA) is 17.1 Å². The molecule has 0 N–H and O–H groups in total. The second kappa shape index (κ2) is 7.15. The number of hydrogen-bond acceptors (Lipinski definition) is 1. The van der Waals surface area contributed by atoms with Crippen molar-refractivity contribution in [2.45, 2.75) is 19.8 Å². The smallest absolute Gasteiger partial charge is 0.142 e. The standard InChI is InChI=1S/C8H12O/c1-2-3-4-5-6-7-8-9/h2-3,6-8H,4-5H2,1H3. The Morgan fingerprint density at radius 2 is 1.89 bits per heavy atom. The van der Waals surface area contributed by atoms with Gasteiger partial charge in [-0.2, -0.15) is 0 Å². The molecule has 0 heterocycles. The summed E-state index contributed by atoms with van der Waals surface area (Å²) >= 11 is 0. The van der Waals surface area contributed by atoms with Gasteiger partial charge in [-0.1, -0.05) is 18.2 Å². The molecule has 0 aromatic carbocycles. The van der Waals surface area contributed by atoms with Gasteiger partial charge in [-0.15, -0.1) is 0 Å². The fraction of sp³-hybridized carbons (Fsp3) is 0.375. The van der Waals surface area contributed by atoms with E-state index in [9.17, 15) is 4.79 Å². The summed E-state index contributed by atoms with van der Waals surface area (Å²) in [4.78, 5) is 9.73. The zero-order chi connectivity index (χ0) is 6.95. The van der Waals surface area contributed by atoms with Crippen LogP contribution in [-0.2, 0) is 4.79 Å². The highest BCUT2D eigenvalue weighted by Crippen LogP contribution is 1.90. The Hall–Kier alpha value is -0.850. The number of unbranched alkanes of at least 4 members (excludes halogenated alkanes) is 1. The Morgan fingerprint density at radius 3 is 2.44 bits per heavy atom. The molecule has 0 amide bonds. The molecule has 0 fully saturated rings. The number of allylic oxidation sites excluding steroid dienone is 4. The lowest BCUT2D eigenvalue weighted by Gasteiger charge is -1.81. The number of carbonyl (C=O) groups is 1. The predicted molar refractivity (Wildman–Crippen MR) is 39.3 cm³/mol. The van der Waals surface area contributed by atoms with Gasteiger partial charge in [0.25, 0.3) is 0 Å². The van der Waals surface area contributed by atoms with Crippen molar-refractivity contribution in [3.63, 3.8) is 0 Å². The lowest BCUT2D eigenvalue weighted by atomic mass is 10.3. The normalized spacial score (nSPS) is 11.2. The van der Waals surface area contributed by atoms with Crippen LogP contribution in [0.3, 0.4) is 0 Å². The van der Waals surface area contributed by atoms with E-state index in [-0.39, 0.29) is 0 Å². The maximum Gasteiger partial charge on any atom is 0.142 e. The van der Waals surface area contributed by atoms with Crippen LogP contribution in [0.5, 0.6) is 0 Å². The van der Waals surface area contributed by atoms with Crippen molar-refractivity contribution in [2.75, 3.05) is 0 Å². The number of carbonyl (C=O) groups excluding carboxylic acids is 1. The molecule has 0 atom stereocenters. The zero-order valence-electron chi connectivity index (χ0n) is 5.71. The van der Waals surface area contributed by atoms with Crippen LogP contribution in [0, 0.1) is 0 Å². The van der Waals surface area contributed by atoms with Gasteiger partial charge in [0.1, 0.15) is 6.29 Å². The monoisotopic (exact) mass is 124 g/mol. The van der Waals surface area contributed by atoms with Gasteiger partial charge in [0.05, 0.1) is 0 Å². The van der Waals surface area contributed by atoms with Gasteiger partial charge in [-0.3, -0.25) is 4.79 Å². The van der Waals surface area contributed by atoms with Gasteiger partial charge < -0.3 is 0 Å². The van der Waals surface area contributed by atoms with E-state index in [1.807, 2.05) is 19.1 Å². The van der Waals surface area contributed by atoms with Crippen molar-refractivity contribution < 1.29 is 4.79 Å². The highest BCUT2D eigenvalue weighted by Gasteiger charge is 1.72. The van der Waals surface area contributed by atoms with E-state index in [1.165, 1.54) is 6.08 Å². The molecular weight excluding hydrogens is 112 g/mol. The lowest BCUT2D eigenvalue weighted by Crippen LogP contribution is -1.64. The van der Waals surface area contributed by atoms with E-state index in [2.05, 4.69) is 6.08 Å². The first-order valence-corrected chi connectivity index (χ1v) is 3.13. The van der Waals surface area contributed by atoms with Gasteiger partial charge in [0, 0.05) is 0 Å². The SMILES string of the molecule is CC=CCCC=CC=O. The zero-order valence-corrected chi connectivity index (χ0v) is 5.71. The molecule has 1 nitrogen and oxygen atoms in total.